The quantitative estimate of drug-likeness (QED) is 0.485. The highest BCUT2D eigenvalue weighted by molar-refractivity contribution is 5.89. The Morgan fingerprint density at radius 1 is 0.862 bits per heavy atom. The van der Waals surface area contributed by atoms with Gasteiger partial charge in [-0.05, 0) is 18.2 Å². The van der Waals surface area contributed by atoms with Crippen LogP contribution in [-0.2, 0) is 16.1 Å². The lowest BCUT2D eigenvalue weighted by atomic mass is 9.95. The largest absolute Gasteiger partial charge is 0.490 e. The first-order valence-electron chi connectivity index (χ1n) is 9.24. The van der Waals surface area contributed by atoms with Gasteiger partial charge in [0.15, 0.2) is 0 Å². The van der Waals surface area contributed by atoms with Crippen molar-refractivity contribution in [2.24, 2.45) is 0 Å². The molecule has 5 atom stereocenters. The van der Waals surface area contributed by atoms with Crippen LogP contribution in [0.5, 0.6) is 5.75 Å². The molecule has 0 amide bonds. The molecule has 156 valence electrons. The molecule has 0 aromatic heterocycles. The van der Waals surface area contributed by atoms with Crippen LogP contribution in [0.25, 0.3) is 0 Å². The van der Waals surface area contributed by atoms with Crippen molar-refractivity contribution >= 4 is 5.97 Å². The van der Waals surface area contributed by atoms with Gasteiger partial charge in [-0.1, -0.05) is 36.4 Å². The molecule has 2 aromatic carbocycles. The van der Waals surface area contributed by atoms with Crippen molar-refractivity contribution < 1.29 is 39.4 Å². The summed E-state index contributed by atoms with van der Waals surface area (Å²) in [5.41, 5.74) is 0.908. The molecule has 29 heavy (non-hydrogen) atoms. The van der Waals surface area contributed by atoms with E-state index in [1.165, 1.54) is 0 Å². The molecule has 0 saturated carbocycles. The molecule has 1 heterocycles. The summed E-state index contributed by atoms with van der Waals surface area (Å²) in [6.07, 6.45) is -6.34. The molecule has 3 rings (SSSR count). The predicted octanol–water partition coefficient (Wildman–Crippen LogP) is 0.265. The van der Waals surface area contributed by atoms with Gasteiger partial charge < -0.3 is 34.6 Å². The third-order valence-electron chi connectivity index (χ3n) is 4.75. The van der Waals surface area contributed by atoms with Crippen molar-refractivity contribution in [1.29, 1.82) is 0 Å². The summed E-state index contributed by atoms with van der Waals surface area (Å²) in [7, 11) is 0. The van der Waals surface area contributed by atoms with Gasteiger partial charge in [-0.3, -0.25) is 0 Å². The predicted molar refractivity (Wildman–Crippen MR) is 101 cm³/mol. The molecule has 0 bridgehead atoms. The van der Waals surface area contributed by atoms with E-state index < -0.39 is 36.5 Å². The number of carbonyl (C=O) groups excluding carboxylic acids is 1. The van der Waals surface area contributed by atoms with Crippen LogP contribution >= 0.6 is 0 Å². The van der Waals surface area contributed by atoms with Crippen molar-refractivity contribution in [3.8, 4) is 5.75 Å². The van der Waals surface area contributed by atoms with E-state index in [9.17, 15) is 25.2 Å². The minimum Gasteiger partial charge on any atom is -0.490 e. The molecule has 4 N–H and O–H groups in total. The van der Waals surface area contributed by atoms with Crippen molar-refractivity contribution in [1.82, 2.24) is 0 Å². The maximum atomic E-state index is 12.1. The van der Waals surface area contributed by atoms with Crippen LogP contribution in [0.2, 0.25) is 0 Å². The van der Waals surface area contributed by atoms with Gasteiger partial charge in [0.1, 0.15) is 49.5 Å². The van der Waals surface area contributed by atoms with E-state index >= 15 is 0 Å². The van der Waals surface area contributed by atoms with Crippen LogP contribution in [0.15, 0.2) is 54.6 Å². The first kappa shape index (κ1) is 21.2. The fourth-order valence-corrected chi connectivity index (χ4v) is 3.07. The lowest BCUT2D eigenvalue weighted by molar-refractivity contribution is -0.234. The highest BCUT2D eigenvalue weighted by Gasteiger charge is 2.44. The number of carbonyl (C=O) groups is 1. The molecule has 1 aliphatic heterocycles. The Morgan fingerprint density at radius 3 is 2.17 bits per heavy atom. The van der Waals surface area contributed by atoms with Crippen molar-refractivity contribution in [3.63, 3.8) is 0 Å². The molecule has 1 saturated heterocycles. The number of rotatable bonds is 7. The number of aliphatic hydroxyl groups excluding tert-OH is 4. The van der Waals surface area contributed by atoms with Gasteiger partial charge in [0.25, 0.3) is 0 Å². The van der Waals surface area contributed by atoms with E-state index in [-0.39, 0.29) is 19.8 Å². The first-order chi connectivity index (χ1) is 14.0. The molecule has 0 aliphatic carbocycles. The molecular weight excluding hydrogens is 380 g/mol. The Morgan fingerprint density at radius 2 is 1.48 bits per heavy atom. The van der Waals surface area contributed by atoms with Crippen LogP contribution in [0.1, 0.15) is 15.9 Å². The normalized spacial score (nSPS) is 26.7. The highest BCUT2D eigenvalue weighted by atomic mass is 16.6. The minimum atomic E-state index is -1.49. The van der Waals surface area contributed by atoms with Crippen LogP contribution in [-0.4, -0.2) is 70.1 Å². The molecular formula is C21H24O8. The Hall–Kier alpha value is -2.49. The zero-order chi connectivity index (χ0) is 20.8. The van der Waals surface area contributed by atoms with Gasteiger partial charge in [-0.15, -0.1) is 0 Å². The van der Waals surface area contributed by atoms with E-state index in [2.05, 4.69) is 0 Å². The fourth-order valence-electron chi connectivity index (χ4n) is 3.07. The molecule has 2 aromatic rings. The van der Waals surface area contributed by atoms with Gasteiger partial charge in [0.05, 0.1) is 12.2 Å². The van der Waals surface area contributed by atoms with Crippen molar-refractivity contribution in [2.45, 2.75) is 37.1 Å². The Labute approximate surface area is 167 Å². The van der Waals surface area contributed by atoms with E-state index in [0.29, 0.717) is 16.9 Å². The van der Waals surface area contributed by atoms with Crippen molar-refractivity contribution in [2.75, 3.05) is 13.2 Å². The highest BCUT2D eigenvalue weighted by Crippen LogP contribution is 2.24. The van der Waals surface area contributed by atoms with E-state index in [0.717, 1.165) is 0 Å². The smallest absolute Gasteiger partial charge is 0.338 e. The number of hydrogen-bond acceptors (Lipinski definition) is 8. The summed E-state index contributed by atoms with van der Waals surface area (Å²) in [6, 6.07) is 15.2. The molecule has 8 nitrogen and oxygen atoms in total. The molecule has 0 radical (unpaired) electrons. The summed E-state index contributed by atoms with van der Waals surface area (Å²) in [5, 5.41) is 39.9. The van der Waals surface area contributed by atoms with Crippen LogP contribution in [0.3, 0.4) is 0 Å². The molecule has 0 spiro atoms. The van der Waals surface area contributed by atoms with Gasteiger partial charge in [-0.2, -0.15) is 0 Å². The Bertz CT molecular complexity index is 796. The summed E-state index contributed by atoms with van der Waals surface area (Å²) < 4.78 is 16.4. The lowest BCUT2D eigenvalue weighted by Crippen LogP contribution is -2.60. The number of ether oxygens (including phenoxy) is 3. The van der Waals surface area contributed by atoms with Crippen LogP contribution in [0.4, 0.5) is 0 Å². The second-order valence-corrected chi connectivity index (χ2v) is 6.73. The van der Waals surface area contributed by atoms with Gasteiger partial charge in [-0.25, -0.2) is 4.79 Å². The molecule has 0 unspecified atom stereocenters. The standard InChI is InChI=1S/C21H24O8/c22-10-14-8-4-5-9-15(14)27-11-16-18(23)20(25)19(24)17(29-16)12-28-21(26)13-6-2-1-3-7-13/h1-9,16-20,22-25H,10-12H2/t16-,17+,18-,19+,20+/m0/s1. The second kappa shape index (κ2) is 9.82. The van der Waals surface area contributed by atoms with Gasteiger partial charge in [0, 0.05) is 5.56 Å². The second-order valence-electron chi connectivity index (χ2n) is 6.73. The van der Waals surface area contributed by atoms with Crippen LogP contribution in [0, 0.1) is 0 Å². The summed E-state index contributed by atoms with van der Waals surface area (Å²) in [6.45, 7) is -0.656. The number of para-hydroxylation sites is 1. The van der Waals surface area contributed by atoms with E-state index in [1.807, 2.05) is 0 Å². The van der Waals surface area contributed by atoms with E-state index in [1.54, 1.807) is 54.6 Å². The van der Waals surface area contributed by atoms with Crippen LogP contribution < -0.4 is 4.74 Å². The van der Waals surface area contributed by atoms with Gasteiger partial charge >= 0.3 is 5.97 Å². The zero-order valence-corrected chi connectivity index (χ0v) is 15.6. The average molecular weight is 404 g/mol. The van der Waals surface area contributed by atoms with Crippen molar-refractivity contribution in [3.05, 3.63) is 65.7 Å². The maximum absolute atomic E-state index is 12.1. The maximum Gasteiger partial charge on any atom is 0.338 e. The number of esters is 1. The first-order valence-corrected chi connectivity index (χ1v) is 9.24. The SMILES string of the molecule is O=C(OC[C@H]1O[C@@H](COc2ccccc2CO)[C@H](O)[C@@H](O)[C@@H]1O)c1ccccc1. The summed E-state index contributed by atoms with van der Waals surface area (Å²) >= 11 is 0. The average Bonchev–Trinajstić information content (AvgIpc) is 2.77. The minimum absolute atomic E-state index is 0.134. The molecule has 1 aliphatic rings. The Kier molecular flexibility index (Phi) is 7.18. The summed E-state index contributed by atoms with van der Waals surface area (Å²) in [4.78, 5) is 12.1. The topological polar surface area (TPSA) is 126 Å². The third-order valence-corrected chi connectivity index (χ3v) is 4.75. The third kappa shape index (κ3) is 5.11. The van der Waals surface area contributed by atoms with E-state index in [4.69, 9.17) is 14.2 Å². The lowest BCUT2D eigenvalue weighted by Gasteiger charge is -2.40. The monoisotopic (exact) mass is 404 g/mol. The summed E-state index contributed by atoms with van der Waals surface area (Å²) in [5.74, 6) is -0.176. The molecule has 1 fully saturated rings. The Balaban J connectivity index is 1.61. The number of hydrogen-bond donors (Lipinski definition) is 4. The molecule has 8 heteroatoms. The zero-order valence-electron chi connectivity index (χ0n) is 15.6. The van der Waals surface area contributed by atoms with Gasteiger partial charge in [0.2, 0.25) is 0 Å². The number of benzene rings is 2. The fraction of sp³-hybridized carbons (Fsp3) is 0.381. The number of aliphatic hydroxyl groups is 4.